The van der Waals surface area contributed by atoms with Gasteiger partial charge in [0.05, 0.1) is 36.1 Å². The first-order valence-electron chi connectivity index (χ1n) is 10.8. The molecule has 0 saturated carbocycles. The average molecular weight is 533 g/mol. The number of fused-ring (bicyclic) bond motifs is 3. The van der Waals surface area contributed by atoms with E-state index in [9.17, 15) is 9.59 Å². The molecule has 1 unspecified atom stereocenters. The smallest absolute Gasteiger partial charge is 0.263 e. The number of hydrogen-bond donors (Lipinski definition) is 1. The second-order valence-electron chi connectivity index (χ2n) is 7.73. The minimum absolute atomic E-state index is 0.175. The van der Waals surface area contributed by atoms with Gasteiger partial charge in [-0.05, 0) is 78.7 Å². The van der Waals surface area contributed by atoms with Crippen LogP contribution >= 0.6 is 27.3 Å². The molecule has 1 aromatic carbocycles. The summed E-state index contributed by atoms with van der Waals surface area (Å²) in [6, 6.07) is 2.82. The summed E-state index contributed by atoms with van der Waals surface area (Å²) in [5.74, 6) is 0.751. The summed E-state index contributed by atoms with van der Waals surface area (Å²) in [4.78, 5) is 32.4. The Bertz CT molecular complexity index is 1280. The van der Waals surface area contributed by atoms with Gasteiger partial charge >= 0.3 is 0 Å². The number of ether oxygens (including phenoxy) is 2. The number of amides is 1. The van der Waals surface area contributed by atoms with E-state index in [1.54, 1.807) is 31.4 Å². The molecule has 0 bridgehead atoms. The Labute approximate surface area is 203 Å². The molecule has 1 aliphatic carbocycles. The van der Waals surface area contributed by atoms with Crippen LogP contribution in [0, 0.1) is 0 Å². The number of thiophene rings is 1. The topological polar surface area (TPSA) is 94.8 Å². The molecule has 0 fully saturated rings. The molecule has 10 heteroatoms. The second-order valence-corrected chi connectivity index (χ2v) is 9.66. The highest BCUT2D eigenvalue weighted by molar-refractivity contribution is 9.10. The molecule has 0 aliphatic heterocycles. The van der Waals surface area contributed by atoms with Crippen LogP contribution < -0.4 is 20.5 Å². The van der Waals surface area contributed by atoms with Gasteiger partial charge in [0.15, 0.2) is 11.5 Å². The van der Waals surface area contributed by atoms with E-state index in [4.69, 9.17) is 9.47 Å². The lowest BCUT2D eigenvalue weighted by Crippen LogP contribution is -2.34. The van der Waals surface area contributed by atoms with Crippen molar-refractivity contribution in [1.82, 2.24) is 15.0 Å². The highest BCUT2D eigenvalue weighted by Crippen LogP contribution is 2.36. The molecule has 3 aromatic rings. The van der Waals surface area contributed by atoms with E-state index in [1.807, 2.05) is 13.0 Å². The third-order valence-corrected chi connectivity index (χ3v) is 7.41. The molecule has 1 amide bonds. The van der Waals surface area contributed by atoms with Crippen molar-refractivity contribution in [1.29, 1.82) is 0 Å². The number of nitrogens with one attached hydrogen (secondary N) is 1. The summed E-state index contributed by atoms with van der Waals surface area (Å²) in [5.41, 5.74) is 4.15. The Hall–Kier alpha value is -2.72. The van der Waals surface area contributed by atoms with Crippen molar-refractivity contribution in [3.8, 4) is 11.5 Å². The first-order chi connectivity index (χ1) is 15.9. The predicted octanol–water partition coefficient (Wildman–Crippen LogP) is 4.22. The zero-order valence-electron chi connectivity index (χ0n) is 18.7. The van der Waals surface area contributed by atoms with Crippen LogP contribution in [-0.4, -0.2) is 35.4 Å². The molecule has 33 heavy (non-hydrogen) atoms. The van der Waals surface area contributed by atoms with E-state index in [0.29, 0.717) is 29.1 Å². The number of halogens is 1. The lowest BCUT2D eigenvalue weighted by molar-refractivity contribution is -0.123. The molecule has 1 N–H and O–H groups in total. The van der Waals surface area contributed by atoms with Gasteiger partial charge in [-0.2, -0.15) is 5.10 Å². The van der Waals surface area contributed by atoms with Gasteiger partial charge in [-0.3, -0.25) is 14.2 Å². The third kappa shape index (κ3) is 4.67. The van der Waals surface area contributed by atoms with E-state index >= 15 is 0 Å². The molecular weight excluding hydrogens is 508 g/mol. The number of hydrogen-bond acceptors (Lipinski definition) is 7. The van der Waals surface area contributed by atoms with Crippen LogP contribution in [0.1, 0.15) is 48.7 Å². The van der Waals surface area contributed by atoms with Crippen molar-refractivity contribution in [2.24, 2.45) is 5.10 Å². The van der Waals surface area contributed by atoms with Crippen LogP contribution in [0.5, 0.6) is 11.5 Å². The molecule has 0 saturated heterocycles. The van der Waals surface area contributed by atoms with Crippen LogP contribution in [0.25, 0.3) is 10.2 Å². The third-order valence-electron chi connectivity index (χ3n) is 5.63. The fourth-order valence-corrected chi connectivity index (χ4v) is 5.72. The largest absolute Gasteiger partial charge is 0.493 e. The summed E-state index contributed by atoms with van der Waals surface area (Å²) in [6.45, 7) is 4.06. The number of hydrazone groups is 1. The molecule has 0 spiro atoms. The molecule has 174 valence electrons. The Kier molecular flexibility index (Phi) is 7.14. The maximum absolute atomic E-state index is 13.2. The van der Waals surface area contributed by atoms with Gasteiger partial charge in [0.25, 0.3) is 11.5 Å². The number of carbonyl (C=O) groups excluding carboxylic acids is 1. The molecule has 1 atom stereocenters. The fraction of sp³-hybridized carbons (Fsp3) is 0.391. The summed E-state index contributed by atoms with van der Waals surface area (Å²) >= 11 is 5.06. The summed E-state index contributed by atoms with van der Waals surface area (Å²) < 4.78 is 13.1. The van der Waals surface area contributed by atoms with Crippen molar-refractivity contribution in [2.45, 2.75) is 45.6 Å². The van der Waals surface area contributed by atoms with Crippen molar-refractivity contribution < 1.29 is 14.3 Å². The zero-order chi connectivity index (χ0) is 23.5. The summed E-state index contributed by atoms with van der Waals surface area (Å²) in [6.07, 6.45) is 7.06. The van der Waals surface area contributed by atoms with Gasteiger partial charge in [0.2, 0.25) is 0 Å². The molecule has 2 heterocycles. The first kappa shape index (κ1) is 23.4. The second kappa shape index (κ2) is 10.0. The van der Waals surface area contributed by atoms with Crippen LogP contribution in [0.4, 0.5) is 0 Å². The number of aromatic nitrogens is 2. The number of nitrogens with zero attached hydrogens (tertiary/aromatic N) is 3. The predicted molar refractivity (Wildman–Crippen MR) is 133 cm³/mol. The van der Waals surface area contributed by atoms with Gasteiger partial charge in [0.1, 0.15) is 10.9 Å². The van der Waals surface area contributed by atoms with Gasteiger partial charge in [-0.15, -0.1) is 11.3 Å². The van der Waals surface area contributed by atoms with Crippen molar-refractivity contribution in [2.75, 3.05) is 13.7 Å². The van der Waals surface area contributed by atoms with E-state index in [2.05, 4.69) is 31.4 Å². The lowest BCUT2D eigenvalue weighted by atomic mass is 9.97. The zero-order valence-corrected chi connectivity index (χ0v) is 21.1. The fourth-order valence-electron chi connectivity index (χ4n) is 3.92. The Morgan fingerprint density at radius 1 is 1.39 bits per heavy atom. The highest BCUT2D eigenvalue weighted by Gasteiger charge is 2.23. The minimum atomic E-state index is -0.757. The maximum Gasteiger partial charge on any atom is 0.263 e. The number of carbonyl (C=O) groups is 1. The van der Waals surface area contributed by atoms with E-state index < -0.39 is 11.9 Å². The monoisotopic (exact) mass is 532 g/mol. The highest BCUT2D eigenvalue weighted by atomic mass is 79.9. The minimum Gasteiger partial charge on any atom is -0.493 e. The van der Waals surface area contributed by atoms with Crippen LogP contribution in [-0.2, 0) is 17.6 Å². The summed E-state index contributed by atoms with van der Waals surface area (Å²) in [5, 5.41) is 4.72. The van der Waals surface area contributed by atoms with Crippen molar-refractivity contribution in [3.63, 3.8) is 0 Å². The number of benzene rings is 1. The Morgan fingerprint density at radius 3 is 2.94 bits per heavy atom. The summed E-state index contributed by atoms with van der Waals surface area (Å²) in [7, 11) is 1.56. The SMILES string of the molecule is CCOc1c(Br)cc(C=NNC(=O)C(C)n2cnc3sc4c(c3c2=O)CCCC4)cc1OC. The normalized spacial score (nSPS) is 14.3. The molecule has 1 aliphatic rings. The van der Waals surface area contributed by atoms with Crippen molar-refractivity contribution >= 4 is 49.6 Å². The standard InChI is InChI=1S/C23H25BrN4O4S/c1-4-32-20-16(24)9-14(10-17(20)31-3)11-26-27-21(29)13(2)28-12-25-22-19(23(28)30)15-7-5-6-8-18(15)33-22/h9-13H,4-8H2,1-3H3,(H,27,29). The van der Waals surface area contributed by atoms with Crippen LogP contribution in [0.3, 0.4) is 0 Å². The molecule has 8 nitrogen and oxygen atoms in total. The van der Waals surface area contributed by atoms with Crippen molar-refractivity contribution in [3.05, 3.63) is 49.3 Å². The lowest BCUT2D eigenvalue weighted by Gasteiger charge is -2.14. The van der Waals surface area contributed by atoms with Gasteiger partial charge in [-0.25, -0.2) is 10.4 Å². The molecular formula is C23H25BrN4O4S. The number of methoxy groups -OCH3 is 1. The quantitative estimate of drug-likeness (QED) is 0.363. The molecule has 4 rings (SSSR count). The Morgan fingerprint density at radius 2 is 2.18 bits per heavy atom. The van der Waals surface area contributed by atoms with Gasteiger partial charge < -0.3 is 9.47 Å². The van der Waals surface area contributed by atoms with E-state index in [-0.39, 0.29) is 5.56 Å². The van der Waals surface area contributed by atoms with Crippen LogP contribution in [0.2, 0.25) is 0 Å². The van der Waals surface area contributed by atoms with Gasteiger partial charge in [0, 0.05) is 4.88 Å². The van der Waals surface area contributed by atoms with Crippen LogP contribution in [0.15, 0.2) is 32.8 Å². The first-order valence-corrected chi connectivity index (χ1v) is 12.4. The maximum atomic E-state index is 13.2. The number of aryl methyl sites for hydroxylation is 2. The van der Waals surface area contributed by atoms with Gasteiger partial charge in [-0.1, -0.05) is 0 Å². The van der Waals surface area contributed by atoms with E-state index in [0.717, 1.165) is 40.5 Å². The molecule has 0 radical (unpaired) electrons. The average Bonchev–Trinajstić information content (AvgIpc) is 3.19. The number of rotatable bonds is 7. The molecule has 2 aromatic heterocycles. The van der Waals surface area contributed by atoms with E-state index in [1.165, 1.54) is 22.0 Å². The Balaban J connectivity index is 1.52.